The molecule has 0 bridgehead atoms. The molecule has 0 amide bonds. The molecule has 3 nitrogen and oxygen atoms in total. The SMILES string of the molecule is Cc1ccc(-c2nc(Br)c3cc(N)ccn23)cc1. The van der Waals surface area contributed by atoms with Gasteiger partial charge >= 0.3 is 0 Å². The molecule has 0 saturated carbocycles. The molecule has 2 N–H and O–H groups in total. The lowest BCUT2D eigenvalue weighted by Crippen LogP contribution is -1.91. The quantitative estimate of drug-likeness (QED) is 0.745. The van der Waals surface area contributed by atoms with Crippen LogP contribution in [0.1, 0.15) is 5.56 Å². The van der Waals surface area contributed by atoms with Crippen LogP contribution in [0.15, 0.2) is 47.2 Å². The van der Waals surface area contributed by atoms with E-state index in [4.69, 9.17) is 5.73 Å². The van der Waals surface area contributed by atoms with Gasteiger partial charge < -0.3 is 5.73 Å². The van der Waals surface area contributed by atoms with Gasteiger partial charge in [0.2, 0.25) is 0 Å². The Kier molecular flexibility index (Phi) is 2.59. The number of fused-ring (bicyclic) bond motifs is 1. The minimum absolute atomic E-state index is 0.735. The van der Waals surface area contributed by atoms with Crippen molar-refractivity contribution in [1.29, 1.82) is 0 Å². The van der Waals surface area contributed by atoms with Gasteiger partial charge in [0.25, 0.3) is 0 Å². The predicted octanol–water partition coefficient (Wildman–Crippen LogP) is 3.65. The number of hydrogen-bond acceptors (Lipinski definition) is 2. The van der Waals surface area contributed by atoms with Gasteiger partial charge in [0.1, 0.15) is 10.4 Å². The molecule has 0 aliphatic carbocycles. The van der Waals surface area contributed by atoms with Crippen LogP contribution in [0.5, 0.6) is 0 Å². The van der Waals surface area contributed by atoms with Gasteiger partial charge in [-0.25, -0.2) is 4.98 Å². The van der Waals surface area contributed by atoms with Crippen LogP contribution >= 0.6 is 15.9 Å². The highest BCUT2D eigenvalue weighted by Crippen LogP contribution is 2.27. The van der Waals surface area contributed by atoms with E-state index in [1.54, 1.807) is 0 Å². The van der Waals surface area contributed by atoms with Crippen LogP contribution in [0, 0.1) is 6.92 Å². The summed E-state index contributed by atoms with van der Waals surface area (Å²) < 4.78 is 2.84. The molecule has 2 heterocycles. The van der Waals surface area contributed by atoms with Crippen molar-refractivity contribution < 1.29 is 0 Å². The van der Waals surface area contributed by atoms with Crippen LogP contribution in [0.4, 0.5) is 5.69 Å². The summed E-state index contributed by atoms with van der Waals surface area (Å²) in [5.74, 6) is 0.914. The molecule has 18 heavy (non-hydrogen) atoms. The molecule has 3 rings (SSSR count). The number of anilines is 1. The first-order valence-electron chi connectivity index (χ1n) is 5.65. The molecule has 0 saturated heterocycles. The van der Waals surface area contributed by atoms with Gasteiger partial charge in [-0.3, -0.25) is 4.40 Å². The lowest BCUT2D eigenvalue weighted by Gasteiger charge is -2.02. The zero-order valence-corrected chi connectivity index (χ0v) is 11.5. The lowest BCUT2D eigenvalue weighted by atomic mass is 10.1. The first-order valence-corrected chi connectivity index (χ1v) is 6.44. The monoisotopic (exact) mass is 301 g/mol. The van der Waals surface area contributed by atoms with Crippen LogP contribution in [-0.2, 0) is 0 Å². The van der Waals surface area contributed by atoms with Gasteiger partial charge in [-0.05, 0) is 35.0 Å². The Labute approximate surface area is 113 Å². The highest BCUT2D eigenvalue weighted by Gasteiger charge is 2.10. The average Bonchev–Trinajstić information content (AvgIpc) is 2.68. The van der Waals surface area contributed by atoms with Crippen LogP contribution in [-0.4, -0.2) is 9.38 Å². The summed E-state index contributed by atoms with van der Waals surface area (Å²) in [6, 6.07) is 12.1. The van der Waals surface area contributed by atoms with Gasteiger partial charge in [0.15, 0.2) is 0 Å². The maximum Gasteiger partial charge on any atom is 0.145 e. The number of benzene rings is 1. The summed E-state index contributed by atoms with van der Waals surface area (Å²) in [5, 5.41) is 0. The van der Waals surface area contributed by atoms with Gasteiger partial charge in [-0.2, -0.15) is 0 Å². The predicted molar refractivity (Wildman–Crippen MR) is 77.5 cm³/mol. The number of halogens is 1. The van der Waals surface area contributed by atoms with E-state index in [1.165, 1.54) is 5.56 Å². The van der Waals surface area contributed by atoms with Crippen LogP contribution in [0.2, 0.25) is 0 Å². The fourth-order valence-corrected chi connectivity index (χ4v) is 2.44. The number of nitrogen functional groups attached to an aromatic ring is 1. The third kappa shape index (κ3) is 1.78. The first-order chi connectivity index (χ1) is 8.65. The maximum atomic E-state index is 5.80. The number of nitrogens with zero attached hydrogens (tertiary/aromatic N) is 2. The molecule has 3 aromatic rings. The number of hydrogen-bond donors (Lipinski definition) is 1. The summed E-state index contributed by atoms with van der Waals surface area (Å²) in [4.78, 5) is 4.55. The fraction of sp³-hybridized carbons (Fsp3) is 0.0714. The van der Waals surface area contributed by atoms with E-state index in [-0.39, 0.29) is 0 Å². The molecule has 0 aliphatic heterocycles. The molecule has 0 unspecified atom stereocenters. The van der Waals surface area contributed by atoms with Crippen molar-refractivity contribution in [3.05, 3.63) is 52.8 Å². The fourth-order valence-electron chi connectivity index (χ4n) is 1.97. The number of nitrogens with two attached hydrogens (primary N) is 1. The molecule has 90 valence electrons. The highest BCUT2D eigenvalue weighted by atomic mass is 79.9. The number of aromatic nitrogens is 2. The third-order valence-electron chi connectivity index (χ3n) is 2.93. The minimum atomic E-state index is 0.735. The normalized spacial score (nSPS) is 11.0. The Morgan fingerprint density at radius 2 is 1.89 bits per heavy atom. The Bertz CT molecular complexity index is 714. The number of aryl methyl sites for hydroxylation is 1. The standard InChI is InChI=1S/C14H12BrN3/c1-9-2-4-10(5-3-9)14-17-13(15)12-8-11(16)6-7-18(12)14/h2-8H,16H2,1H3. The van der Waals surface area contributed by atoms with Crippen LogP contribution in [0.3, 0.4) is 0 Å². The van der Waals surface area contributed by atoms with Crippen molar-refractivity contribution in [3.8, 4) is 11.4 Å². The van der Waals surface area contributed by atoms with Crippen molar-refractivity contribution in [2.75, 3.05) is 5.73 Å². The van der Waals surface area contributed by atoms with E-state index in [9.17, 15) is 0 Å². The molecule has 4 heteroatoms. The van der Waals surface area contributed by atoms with Gasteiger partial charge in [0.05, 0.1) is 5.52 Å². The second-order valence-corrected chi connectivity index (χ2v) is 5.06. The Hall–Kier alpha value is -1.81. The largest absolute Gasteiger partial charge is 0.399 e. The maximum absolute atomic E-state index is 5.80. The lowest BCUT2D eigenvalue weighted by molar-refractivity contribution is 1.16. The second-order valence-electron chi connectivity index (χ2n) is 4.31. The molecule has 0 radical (unpaired) electrons. The zero-order chi connectivity index (χ0) is 12.7. The topological polar surface area (TPSA) is 43.3 Å². The molecule has 0 aliphatic rings. The summed E-state index contributed by atoms with van der Waals surface area (Å²) in [6.07, 6.45) is 1.94. The van der Waals surface area contributed by atoms with Crippen molar-refractivity contribution in [2.45, 2.75) is 6.92 Å². The van der Waals surface area contributed by atoms with Gasteiger partial charge in [-0.15, -0.1) is 0 Å². The van der Waals surface area contributed by atoms with Crippen molar-refractivity contribution in [2.24, 2.45) is 0 Å². The smallest absolute Gasteiger partial charge is 0.145 e. The molecule has 0 fully saturated rings. The van der Waals surface area contributed by atoms with E-state index in [2.05, 4.69) is 52.1 Å². The highest BCUT2D eigenvalue weighted by molar-refractivity contribution is 9.10. The second kappa shape index (κ2) is 4.14. The third-order valence-corrected chi connectivity index (χ3v) is 3.52. The summed E-state index contributed by atoms with van der Waals surface area (Å²) in [7, 11) is 0. The van der Waals surface area contributed by atoms with Crippen LogP contribution in [0.25, 0.3) is 16.9 Å². The van der Waals surface area contributed by atoms with Gasteiger partial charge in [-0.1, -0.05) is 29.8 Å². The molecule has 1 aromatic carbocycles. The van der Waals surface area contributed by atoms with E-state index >= 15 is 0 Å². The first kappa shape index (κ1) is 11.3. The van der Waals surface area contributed by atoms with E-state index in [0.29, 0.717) is 0 Å². The van der Waals surface area contributed by atoms with E-state index in [1.807, 2.05) is 22.7 Å². The number of pyridine rings is 1. The minimum Gasteiger partial charge on any atom is -0.399 e. The van der Waals surface area contributed by atoms with Crippen molar-refractivity contribution in [1.82, 2.24) is 9.38 Å². The Morgan fingerprint density at radius 3 is 2.61 bits per heavy atom. The molecule has 2 aromatic heterocycles. The van der Waals surface area contributed by atoms with E-state index in [0.717, 1.165) is 27.2 Å². The summed E-state index contributed by atoms with van der Waals surface area (Å²) in [6.45, 7) is 2.07. The van der Waals surface area contributed by atoms with Crippen molar-refractivity contribution in [3.63, 3.8) is 0 Å². The molecular formula is C14H12BrN3. The Morgan fingerprint density at radius 1 is 1.17 bits per heavy atom. The van der Waals surface area contributed by atoms with Crippen molar-refractivity contribution >= 4 is 27.1 Å². The van der Waals surface area contributed by atoms with E-state index < -0.39 is 0 Å². The summed E-state index contributed by atoms with van der Waals surface area (Å²) >= 11 is 3.48. The summed E-state index contributed by atoms with van der Waals surface area (Å²) in [5.41, 5.74) is 9.84. The molecule has 0 spiro atoms. The Balaban J connectivity index is 2.26. The van der Waals surface area contributed by atoms with Crippen LogP contribution < -0.4 is 5.73 Å². The number of rotatable bonds is 1. The molecular weight excluding hydrogens is 290 g/mol. The average molecular weight is 302 g/mol. The molecule has 0 atom stereocenters. The zero-order valence-electron chi connectivity index (χ0n) is 9.89. The van der Waals surface area contributed by atoms with Gasteiger partial charge in [0, 0.05) is 17.4 Å². The number of imidazole rings is 1.